The number of halogens is 1. The molecule has 1 amide bonds. The Bertz CT molecular complexity index is 464. The summed E-state index contributed by atoms with van der Waals surface area (Å²) >= 11 is 3.43. The molecule has 1 heterocycles. The van der Waals surface area contributed by atoms with Crippen molar-refractivity contribution < 1.29 is 14.3 Å². The van der Waals surface area contributed by atoms with Gasteiger partial charge in [-0.15, -0.1) is 0 Å². The number of amides is 1. The van der Waals surface area contributed by atoms with Crippen LogP contribution in [-0.4, -0.2) is 43.7 Å². The molecule has 0 aromatic heterocycles. The molecule has 0 bridgehead atoms. The minimum atomic E-state index is 0.0286. The minimum Gasteiger partial charge on any atom is -0.497 e. The van der Waals surface area contributed by atoms with E-state index in [1.165, 1.54) is 0 Å². The van der Waals surface area contributed by atoms with Crippen LogP contribution in [0.4, 0.5) is 0 Å². The van der Waals surface area contributed by atoms with Crippen molar-refractivity contribution in [1.82, 2.24) is 4.90 Å². The fourth-order valence-corrected chi connectivity index (χ4v) is 2.63. The predicted molar refractivity (Wildman–Crippen MR) is 76.6 cm³/mol. The molecule has 19 heavy (non-hydrogen) atoms. The molecular weight excluding hydrogens is 310 g/mol. The number of rotatable bonds is 3. The zero-order valence-electron chi connectivity index (χ0n) is 11.2. The Morgan fingerprint density at radius 2 is 2.37 bits per heavy atom. The average molecular weight is 328 g/mol. The monoisotopic (exact) mass is 327 g/mol. The SMILES string of the molecule is CCC1COCCN1C(=O)c1cc(OC)ccc1Br. The Morgan fingerprint density at radius 1 is 1.58 bits per heavy atom. The van der Waals surface area contributed by atoms with Crippen molar-refractivity contribution in [3.63, 3.8) is 0 Å². The van der Waals surface area contributed by atoms with E-state index < -0.39 is 0 Å². The molecular formula is C14H18BrNO3. The number of carbonyl (C=O) groups is 1. The number of hydrogen-bond donors (Lipinski definition) is 0. The first-order valence-corrected chi connectivity index (χ1v) is 7.19. The van der Waals surface area contributed by atoms with E-state index in [0.717, 1.165) is 10.9 Å². The Labute approximate surface area is 121 Å². The highest BCUT2D eigenvalue weighted by Gasteiger charge is 2.28. The van der Waals surface area contributed by atoms with Crippen LogP contribution in [0.25, 0.3) is 0 Å². The van der Waals surface area contributed by atoms with Crippen molar-refractivity contribution in [2.24, 2.45) is 0 Å². The van der Waals surface area contributed by atoms with Crippen LogP contribution >= 0.6 is 15.9 Å². The number of benzene rings is 1. The molecule has 1 aromatic rings. The van der Waals surface area contributed by atoms with Crippen LogP contribution in [0.1, 0.15) is 23.7 Å². The second-order valence-corrected chi connectivity index (χ2v) is 5.34. The third-order valence-electron chi connectivity index (χ3n) is 3.36. The molecule has 2 rings (SSSR count). The molecule has 0 aliphatic carbocycles. The summed E-state index contributed by atoms with van der Waals surface area (Å²) in [7, 11) is 1.60. The normalized spacial score (nSPS) is 19.3. The number of carbonyl (C=O) groups excluding carboxylic acids is 1. The summed E-state index contributed by atoms with van der Waals surface area (Å²) in [4.78, 5) is 14.5. The van der Waals surface area contributed by atoms with E-state index in [4.69, 9.17) is 9.47 Å². The molecule has 4 nitrogen and oxygen atoms in total. The molecule has 0 radical (unpaired) electrons. The zero-order chi connectivity index (χ0) is 13.8. The summed E-state index contributed by atoms with van der Waals surface area (Å²) in [5.74, 6) is 0.716. The smallest absolute Gasteiger partial charge is 0.255 e. The number of hydrogen-bond acceptors (Lipinski definition) is 3. The fraction of sp³-hybridized carbons (Fsp3) is 0.500. The van der Waals surface area contributed by atoms with Gasteiger partial charge in [0.25, 0.3) is 5.91 Å². The van der Waals surface area contributed by atoms with Gasteiger partial charge in [0, 0.05) is 11.0 Å². The Morgan fingerprint density at radius 3 is 3.05 bits per heavy atom. The predicted octanol–water partition coefficient (Wildman–Crippen LogP) is 2.71. The number of morpholine rings is 1. The molecule has 1 fully saturated rings. The Kier molecular flexibility index (Phi) is 4.82. The molecule has 104 valence electrons. The first-order valence-electron chi connectivity index (χ1n) is 6.39. The lowest BCUT2D eigenvalue weighted by Crippen LogP contribution is -2.48. The highest BCUT2D eigenvalue weighted by atomic mass is 79.9. The maximum atomic E-state index is 12.6. The molecule has 1 unspecified atom stereocenters. The lowest BCUT2D eigenvalue weighted by atomic mass is 10.1. The minimum absolute atomic E-state index is 0.0286. The topological polar surface area (TPSA) is 38.8 Å². The Balaban J connectivity index is 2.27. The summed E-state index contributed by atoms with van der Waals surface area (Å²) in [6.45, 7) is 3.93. The number of nitrogens with zero attached hydrogens (tertiary/aromatic N) is 1. The van der Waals surface area contributed by atoms with Gasteiger partial charge < -0.3 is 14.4 Å². The lowest BCUT2D eigenvalue weighted by Gasteiger charge is -2.35. The second-order valence-electron chi connectivity index (χ2n) is 4.48. The highest BCUT2D eigenvalue weighted by Crippen LogP contribution is 2.25. The fourth-order valence-electron chi connectivity index (χ4n) is 2.21. The third-order valence-corrected chi connectivity index (χ3v) is 4.06. The van der Waals surface area contributed by atoms with Gasteiger partial charge >= 0.3 is 0 Å². The van der Waals surface area contributed by atoms with Crippen LogP contribution in [-0.2, 0) is 4.74 Å². The van der Waals surface area contributed by atoms with Gasteiger partial charge in [-0.1, -0.05) is 6.92 Å². The van der Waals surface area contributed by atoms with E-state index in [2.05, 4.69) is 22.9 Å². The van der Waals surface area contributed by atoms with Crippen LogP contribution in [0.3, 0.4) is 0 Å². The maximum Gasteiger partial charge on any atom is 0.255 e. The van der Waals surface area contributed by atoms with Gasteiger partial charge in [-0.2, -0.15) is 0 Å². The van der Waals surface area contributed by atoms with Crippen molar-refractivity contribution in [3.05, 3.63) is 28.2 Å². The van der Waals surface area contributed by atoms with Gasteiger partial charge in [-0.05, 0) is 40.5 Å². The second kappa shape index (κ2) is 6.39. The summed E-state index contributed by atoms with van der Waals surface area (Å²) in [6.07, 6.45) is 0.896. The first-order chi connectivity index (χ1) is 9.17. The molecule has 1 aliphatic rings. The maximum absolute atomic E-state index is 12.6. The number of ether oxygens (including phenoxy) is 2. The summed E-state index contributed by atoms with van der Waals surface area (Å²) in [6, 6.07) is 5.60. The van der Waals surface area contributed by atoms with Crippen LogP contribution in [0.5, 0.6) is 5.75 Å². The molecule has 0 N–H and O–H groups in total. The van der Waals surface area contributed by atoms with Gasteiger partial charge in [0.2, 0.25) is 0 Å². The van der Waals surface area contributed by atoms with Crippen molar-refractivity contribution in [3.8, 4) is 5.75 Å². The molecule has 1 atom stereocenters. The average Bonchev–Trinajstić information content (AvgIpc) is 2.47. The van der Waals surface area contributed by atoms with Crippen LogP contribution < -0.4 is 4.74 Å². The highest BCUT2D eigenvalue weighted by molar-refractivity contribution is 9.10. The molecule has 0 spiro atoms. The van der Waals surface area contributed by atoms with Gasteiger partial charge in [-0.25, -0.2) is 0 Å². The van der Waals surface area contributed by atoms with Gasteiger partial charge in [-0.3, -0.25) is 4.79 Å². The number of methoxy groups -OCH3 is 1. The van der Waals surface area contributed by atoms with E-state index in [1.54, 1.807) is 13.2 Å². The van der Waals surface area contributed by atoms with Gasteiger partial charge in [0.1, 0.15) is 5.75 Å². The van der Waals surface area contributed by atoms with Crippen molar-refractivity contribution in [2.75, 3.05) is 26.9 Å². The van der Waals surface area contributed by atoms with Crippen molar-refractivity contribution in [2.45, 2.75) is 19.4 Å². The van der Waals surface area contributed by atoms with Crippen LogP contribution in [0, 0.1) is 0 Å². The first kappa shape index (κ1) is 14.3. The molecule has 0 saturated carbocycles. The molecule has 1 aromatic carbocycles. The molecule has 5 heteroatoms. The largest absolute Gasteiger partial charge is 0.497 e. The third kappa shape index (κ3) is 3.09. The zero-order valence-corrected chi connectivity index (χ0v) is 12.8. The van der Waals surface area contributed by atoms with E-state index in [-0.39, 0.29) is 11.9 Å². The summed E-state index contributed by atoms with van der Waals surface area (Å²) < 4.78 is 11.4. The van der Waals surface area contributed by atoms with Crippen LogP contribution in [0.2, 0.25) is 0 Å². The van der Waals surface area contributed by atoms with E-state index in [1.807, 2.05) is 17.0 Å². The van der Waals surface area contributed by atoms with Crippen LogP contribution in [0.15, 0.2) is 22.7 Å². The van der Waals surface area contributed by atoms with E-state index in [0.29, 0.717) is 31.1 Å². The van der Waals surface area contributed by atoms with E-state index >= 15 is 0 Å². The summed E-state index contributed by atoms with van der Waals surface area (Å²) in [5.41, 5.74) is 0.639. The molecule has 1 aliphatic heterocycles. The van der Waals surface area contributed by atoms with Gasteiger partial charge in [0.05, 0.1) is 31.9 Å². The van der Waals surface area contributed by atoms with Crippen molar-refractivity contribution in [1.29, 1.82) is 0 Å². The Hall–Kier alpha value is -1.07. The van der Waals surface area contributed by atoms with E-state index in [9.17, 15) is 4.79 Å². The van der Waals surface area contributed by atoms with Gasteiger partial charge in [0.15, 0.2) is 0 Å². The molecule has 1 saturated heterocycles. The quantitative estimate of drug-likeness (QED) is 0.856. The lowest BCUT2D eigenvalue weighted by molar-refractivity contribution is -0.00286. The standard InChI is InChI=1S/C14H18BrNO3/c1-3-10-9-19-7-6-16(10)14(17)12-8-11(18-2)4-5-13(12)15/h4-5,8,10H,3,6-7,9H2,1-2H3. The van der Waals surface area contributed by atoms with Crippen molar-refractivity contribution >= 4 is 21.8 Å². The summed E-state index contributed by atoms with van der Waals surface area (Å²) in [5, 5.41) is 0.